The summed E-state index contributed by atoms with van der Waals surface area (Å²) in [5.74, 6) is -0.616. The number of halogens is 3. The van der Waals surface area contributed by atoms with Gasteiger partial charge in [-0.3, -0.25) is 14.4 Å². The molecule has 1 amide bonds. The molecule has 11 heteroatoms. The molecule has 0 radical (unpaired) electrons. The zero-order valence-corrected chi connectivity index (χ0v) is 16.2. The summed E-state index contributed by atoms with van der Waals surface area (Å²) in [5, 5.41) is 14.1. The van der Waals surface area contributed by atoms with Crippen molar-refractivity contribution in [1.82, 2.24) is 19.8 Å². The Morgan fingerprint density at radius 2 is 1.90 bits per heavy atom. The number of hydroxylamine groups is 1. The van der Waals surface area contributed by atoms with Gasteiger partial charge in [-0.05, 0) is 43.3 Å². The smallest absolute Gasteiger partial charge is 0.332 e. The first-order valence-corrected chi connectivity index (χ1v) is 9.47. The van der Waals surface area contributed by atoms with Crippen molar-refractivity contribution >= 4 is 33.7 Å². The summed E-state index contributed by atoms with van der Waals surface area (Å²) in [6.45, 7) is 1.72. The largest absolute Gasteiger partial charge is 0.416 e. The fourth-order valence-corrected chi connectivity index (χ4v) is 3.70. The van der Waals surface area contributed by atoms with Gasteiger partial charge in [0, 0.05) is 22.8 Å². The zero-order chi connectivity index (χ0) is 21.5. The van der Waals surface area contributed by atoms with E-state index >= 15 is 0 Å². The van der Waals surface area contributed by atoms with E-state index in [-0.39, 0.29) is 5.65 Å². The first kappa shape index (κ1) is 19.9. The molecule has 4 aromatic rings. The molecule has 1 aromatic carbocycles. The number of hydrogen-bond acceptors (Lipinski definition) is 6. The predicted molar refractivity (Wildman–Crippen MR) is 105 cm³/mol. The summed E-state index contributed by atoms with van der Waals surface area (Å²) in [5.41, 5.74) is 3.71. The Morgan fingerprint density at radius 3 is 2.57 bits per heavy atom. The van der Waals surface area contributed by atoms with Crippen LogP contribution >= 0.6 is 11.3 Å². The van der Waals surface area contributed by atoms with Crippen LogP contribution in [0.1, 0.15) is 21.6 Å². The van der Waals surface area contributed by atoms with Crippen molar-refractivity contribution in [3.05, 3.63) is 64.8 Å². The minimum absolute atomic E-state index is 0.192. The normalized spacial score (nSPS) is 11.6. The third-order valence-electron chi connectivity index (χ3n) is 4.37. The standard InChI is InChI=1S/C19H14F3N5O2S/c1-10-16(27-7-6-12(19(20,21)22)8-15(27)23-10)14-9-30-18(25-14)24-13-4-2-11(3-5-13)17(28)26-29/h2-9,29H,1H3,(H,24,25)(H,26,28). The number of carbonyl (C=O) groups excluding carboxylic acids is 1. The number of pyridine rings is 1. The number of anilines is 2. The number of thiazole rings is 1. The van der Waals surface area contributed by atoms with Crippen molar-refractivity contribution in [2.75, 3.05) is 5.32 Å². The summed E-state index contributed by atoms with van der Waals surface area (Å²) >= 11 is 1.32. The highest BCUT2D eigenvalue weighted by molar-refractivity contribution is 7.14. The van der Waals surface area contributed by atoms with Crippen LogP contribution in [0, 0.1) is 6.92 Å². The number of alkyl halides is 3. The molecule has 0 aliphatic carbocycles. The highest BCUT2D eigenvalue weighted by Crippen LogP contribution is 2.33. The molecular formula is C19H14F3N5O2S. The van der Waals surface area contributed by atoms with E-state index < -0.39 is 17.6 Å². The molecule has 0 spiro atoms. The van der Waals surface area contributed by atoms with Crippen molar-refractivity contribution in [3.8, 4) is 11.4 Å². The molecule has 0 unspecified atom stereocenters. The molecule has 0 aliphatic heterocycles. The molecule has 0 bridgehead atoms. The van der Waals surface area contributed by atoms with Crippen LogP contribution in [0.5, 0.6) is 0 Å². The molecule has 0 fully saturated rings. The van der Waals surface area contributed by atoms with Gasteiger partial charge in [0.15, 0.2) is 5.13 Å². The third-order valence-corrected chi connectivity index (χ3v) is 5.13. The lowest BCUT2D eigenvalue weighted by atomic mass is 10.2. The van der Waals surface area contributed by atoms with Gasteiger partial charge in [0.05, 0.1) is 17.0 Å². The number of carbonyl (C=O) groups is 1. The molecule has 3 aromatic heterocycles. The van der Waals surface area contributed by atoms with E-state index in [1.165, 1.54) is 29.7 Å². The van der Waals surface area contributed by atoms with Gasteiger partial charge in [-0.1, -0.05) is 0 Å². The van der Waals surface area contributed by atoms with Gasteiger partial charge in [-0.2, -0.15) is 13.2 Å². The molecule has 154 valence electrons. The van der Waals surface area contributed by atoms with Crippen molar-refractivity contribution in [2.24, 2.45) is 0 Å². The maximum absolute atomic E-state index is 13.0. The van der Waals surface area contributed by atoms with Crippen molar-refractivity contribution < 1.29 is 23.2 Å². The molecular weight excluding hydrogens is 419 g/mol. The number of rotatable bonds is 4. The van der Waals surface area contributed by atoms with Crippen LogP contribution < -0.4 is 10.8 Å². The van der Waals surface area contributed by atoms with Gasteiger partial charge in [0.1, 0.15) is 11.3 Å². The Bertz CT molecular complexity index is 1230. The number of amides is 1. The number of benzene rings is 1. The predicted octanol–water partition coefficient (Wildman–Crippen LogP) is 4.65. The van der Waals surface area contributed by atoms with E-state index in [1.54, 1.807) is 34.3 Å². The Hall–Kier alpha value is -3.44. The topological polar surface area (TPSA) is 91.5 Å². The van der Waals surface area contributed by atoms with Crippen molar-refractivity contribution in [3.63, 3.8) is 0 Å². The zero-order valence-electron chi connectivity index (χ0n) is 15.4. The van der Waals surface area contributed by atoms with Crippen LogP contribution in [0.3, 0.4) is 0 Å². The van der Waals surface area contributed by atoms with Gasteiger partial charge >= 0.3 is 6.18 Å². The Labute approximate surface area is 171 Å². The molecule has 0 atom stereocenters. The quantitative estimate of drug-likeness (QED) is 0.322. The summed E-state index contributed by atoms with van der Waals surface area (Å²) in [4.78, 5) is 20.1. The van der Waals surface area contributed by atoms with Gasteiger partial charge in [-0.15, -0.1) is 11.3 Å². The Balaban J connectivity index is 1.61. The lowest BCUT2D eigenvalue weighted by Crippen LogP contribution is -2.18. The summed E-state index contributed by atoms with van der Waals surface area (Å²) in [6.07, 6.45) is -3.10. The van der Waals surface area contributed by atoms with Crippen LogP contribution in [-0.2, 0) is 6.18 Å². The van der Waals surface area contributed by atoms with E-state index in [9.17, 15) is 18.0 Å². The summed E-state index contributed by atoms with van der Waals surface area (Å²) in [6, 6.07) is 8.40. The Morgan fingerprint density at radius 1 is 1.17 bits per heavy atom. The second kappa shape index (κ2) is 7.43. The number of aromatic nitrogens is 3. The van der Waals surface area contributed by atoms with Gasteiger partial charge in [0.25, 0.3) is 5.91 Å². The maximum atomic E-state index is 13.0. The van der Waals surface area contributed by atoms with Gasteiger partial charge in [0.2, 0.25) is 0 Å². The number of nitrogens with one attached hydrogen (secondary N) is 2. The third kappa shape index (κ3) is 3.72. The highest BCUT2D eigenvalue weighted by Gasteiger charge is 2.31. The molecule has 30 heavy (non-hydrogen) atoms. The number of nitrogens with zero attached hydrogens (tertiary/aromatic N) is 3. The lowest BCUT2D eigenvalue weighted by Gasteiger charge is -2.07. The van der Waals surface area contributed by atoms with E-state index in [0.717, 1.165) is 12.1 Å². The first-order chi connectivity index (χ1) is 14.3. The summed E-state index contributed by atoms with van der Waals surface area (Å²) in [7, 11) is 0. The summed E-state index contributed by atoms with van der Waals surface area (Å²) < 4.78 is 40.4. The number of fused-ring (bicyclic) bond motifs is 1. The lowest BCUT2D eigenvalue weighted by molar-refractivity contribution is -0.137. The van der Waals surface area contributed by atoms with Gasteiger partial charge < -0.3 is 5.32 Å². The van der Waals surface area contributed by atoms with Gasteiger partial charge in [-0.25, -0.2) is 15.4 Å². The molecule has 7 nitrogen and oxygen atoms in total. The molecule has 3 heterocycles. The van der Waals surface area contributed by atoms with Crippen LogP contribution in [0.4, 0.5) is 24.0 Å². The molecule has 3 N–H and O–H groups in total. The van der Waals surface area contributed by atoms with Crippen molar-refractivity contribution in [1.29, 1.82) is 0 Å². The fourth-order valence-electron chi connectivity index (χ4n) is 2.98. The van der Waals surface area contributed by atoms with E-state index in [4.69, 9.17) is 5.21 Å². The van der Waals surface area contributed by atoms with Crippen LogP contribution in [0.25, 0.3) is 17.0 Å². The van der Waals surface area contributed by atoms with E-state index in [1.807, 2.05) is 0 Å². The van der Waals surface area contributed by atoms with Crippen LogP contribution in [0.2, 0.25) is 0 Å². The minimum atomic E-state index is -4.44. The van der Waals surface area contributed by atoms with Crippen LogP contribution in [0.15, 0.2) is 48.0 Å². The van der Waals surface area contributed by atoms with E-state index in [2.05, 4.69) is 15.3 Å². The molecule has 4 rings (SSSR count). The average molecular weight is 433 g/mol. The minimum Gasteiger partial charge on any atom is -0.332 e. The first-order valence-electron chi connectivity index (χ1n) is 8.59. The van der Waals surface area contributed by atoms with Crippen LogP contribution in [-0.4, -0.2) is 25.5 Å². The van der Waals surface area contributed by atoms with Crippen molar-refractivity contribution in [2.45, 2.75) is 13.1 Å². The average Bonchev–Trinajstić information content (AvgIpc) is 3.29. The highest BCUT2D eigenvalue weighted by atomic mass is 32.1. The second-order valence-electron chi connectivity index (χ2n) is 6.37. The monoisotopic (exact) mass is 433 g/mol. The maximum Gasteiger partial charge on any atom is 0.416 e. The number of hydrogen-bond donors (Lipinski definition) is 3. The SMILES string of the molecule is Cc1nc2cc(C(F)(F)F)ccn2c1-c1csc(Nc2ccc(C(=O)NO)cc2)n1. The molecule has 0 saturated carbocycles. The molecule has 0 aliphatic rings. The molecule has 0 saturated heterocycles. The Kier molecular flexibility index (Phi) is 4.92. The number of imidazole rings is 1. The number of aryl methyl sites for hydroxylation is 1. The fraction of sp³-hybridized carbons (Fsp3) is 0.105. The second-order valence-corrected chi connectivity index (χ2v) is 7.23. The van der Waals surface area contributed by atoms with E-state index in [0.29, 0.717) is 33.5 Å².